The van der Waals surface area contributed by atoms with E-state index in [0.29, 0.717) is 11.5 Å². The number of methoxy groups -OCH3 is 1. The molecule has 0 aliphatic heterocycles. The molecule has 2 aromatic rings. The lowest BCUT2D eigenvalue weighted by atomic mass is 10.6. The van der Waals surface area contributed by atoms with E-state index in [-0.39, 0.29) is 0 Å². The molecule has 2 heterocycles. The second-order valence-corrected chi connectivity index (χ2v) is 3.06. The number of aromatic nitrogens is 3. The van der Waals surface area contributed by atoms with Crippen LogP contribution < -0.4 is 4.74 Å². The Morgan fingerprint density at radius 1 is 1.42 bits per heavy atom. The number of hydrogen-bond donors (Lipinski definition) is 0. The topological polar surface area (TPSA) is 39.4 Å². The first-order valence-corrected chi connectivity index (χ1v) is 4.13. The van der Waals surface area contributed by atoms with Crippen LogP contribution in [0.25, 0.3) is 5.78 Å². The van der Waals surface area contributed by atoms with Crippen molar-refractivity contribution in [3.8, 4) is 5.75 Å². The molecule has 12 heavy (non-hydrogen) atoms. The molecule has 0 amide bonds. The predicted molar refractivity (Wildman–Crippen MR) is 47.2 cm³/mol. The van der Waals surface area contributed by atoms with Crippen LogP contribution in [0.1, 0.15) is 0 Å². The van der Waals surface area contributed by atoms with E-state index in [9.17, 15) is 0 Å². The highest BCUT2D eigenvalue weighted by Gasteiger charge is 2.01. The van der Waals surface area contributed by atoms with Crippen molar-refractivity contribution in [3.63, 3.8) is 0 Å². The fourth-order valence-corrected chi connectivity index (χ4v) is 1.30. The van der Waals surface area contributed by atoms with Crippen LogP contribution in [0, 0.1) is 0 Å². The van der Waals surface area contributed by atoms with E-state index in [1.807, 2.05) is 6.20 Å². The van der Waals surface area contributed by atoms with Gasteiger partial charge >= 0.3 is 0 Å². The highest BCUT2D eigenvalue weighted by atomic mass is 79.9. The minimum absolute atomic E-state index is 0.655. The summed E-state index contributed by atoms with van der Waals surface area (Å²) in [6.45, 7) is 0. The first kappa shape index (κ1) is 7.54. The normalized spacial score (nSPS) is 10.5. The first-order chi connectivity index (χ1) is 5.81. The lowest BCUT2D eigenvalue weighted by Gasteiger charge is -1.99. The van der Waals surface area contributed by atoms with Crippen LogP contribution in [0.15, 0.2) is 23.2 Å². The summed E-state index contributed by atoms with van der Waals surface area (Å²) >= 11 is 3.34. The van der Waals surface area contributed by atoms with Crippen LogP contribution in [0.4, 0.5) is 0 Å². The van der Waals surface area contributed by atoms with Crippen molar-refractivity contribution in [3.05, 3.63) is 23.2 Å². The fraction of sp³-hybridized carbons (Fsp3) is 0.143. The number of fused-ring (bicyclic) bond motifs is 1. The third-order valence-corrected chi connectivity index (χ3v) is 2.12. The van der Waals surface area contributed by atoms with Gasteiger partial charge in [-0.05, 0) is 15.9 Å². The van der Waals surface area contributed by atoms with Crippen molar-refractivity contribution in [2.24, 2.45) is 0 Å². The van der Waals surface area contributed by atoms with Crippen LogP contribution >= 0.6 is 15.9 Å². The van der Waals surface area contributed by atoms with Gasteiger partial charge in [0.1, 0.15) is 4.60 Å². The maximum Gasteiger partial charge on any atom is 0.234 e. The summed E-state index contributed by atoms with van der Waals surface area (Å²) in [7, 11) is 1.60. The van der Waals surface area contributed by atoms with E-state index in [4.69, 9.17) is 4.74 Å². The highest BCUT2D eigenvalue weighted by molar-refractivity contribution is 9.10. The molecule has 0 radical (unpaired) electrons. The molecule has 4 nitrogen and oxygen atoms in total. The standard InChI is InChI=1S/C7H6BrN3O/c1-12-5-2-9-7-10-3-6(8)11(7)4-5/h2-4H,1H3. The summed E-state index contributed by atoms with van der Waals surface area (Å²) in [5.74, 6) is 1.36. The Bertz CT molecular complexity index is 412. The zero-order chi connectivity index (χ0) is 8.55. The molecule has 0 fully saturated rings. The van der Waals surface area contributed by atoms with Crippen LogP contribution in [0.2, 0.25) is 0 Å². The van der Waals surface area contributed by atoms with Crippen LogP contribution in [0.5, 0.6) is 5.75 Å². The van der Waals surface area contributed by atoms with Gasteiger partial charge in [-0.2, -0.15) is 0 Å². The summed E-state index contributed by atoms with van der Waals surface area (Å²) < 4.78 is 7.68. The second-order valence-electron chi connectivity index (χ2n) is 2.24. The summed E-state index contributed by atoms with van der Waals surface area (Å²) in [6.07, 6.45) is 5.15. The number of halogens is 1. The molecule has 0 aliphatic rings. The van der Waals surface area contributed by atoms with Gasteiger partial charge in [0.15, 0.2) is 5.75 Å². The van der Waals surface area contributed by atoms with Crippen molar-refractivity contribution >= 4 is 21.7 Å². The third-order valence-electron chi connectivity index (χ3n) is 1.53. The molecule has 5 heteroatoms. The number of imidazole rings is 1. The number of nitrogens with zero attached hydrogens (tertiary/aromatic N) is 3. The molecule has 2 aromatic heterocycles. The first-order valence-electron chi connectivity index (χ1n) is 3.34. The SMILES string of the molecule is COc1cnc2ncc(Br)n2c1. The molecule has 0 bridgehead atoms. The largest absolute Gasteiger partial charge is 0.494 e. The average molecular weight is 228 g/mol. The molecule has 0 spiro atoms. The summed E-state index contributed by atoms with van der Waals surface area (Å²) in [4.78, 5) is 8.11. The number of ether oxygens (including phenoxy) is 1. The van der Waals surface area contributed by atoms with Gasteiger partial charge in [0.2, 0.25) is 5.78 Å². The quantitative estimate of drug-likeness (QED) is 0.742. The summed E-state index contributed by atoms with van der Waals surface area (Å²) in [5, 5.41) is 0. The van der Waals surface area contributed by atoms with Crippen LogP contribution in [-0.4, -0.2) is 21.5 Å². The van der Waals surface area contributed by atoms with Crippen molar-refractivity contribution < 1.29 is 4.74 Å². The summed E-state index contributed by atoms with van der Waals surface area (Å²) in [5.41, 5.74) is 0. The maximum absolute atomic E-state index is 5.01. The van der Waals surface area contributed by atoms with Gasteiger partial charge in [-0.1, -0.05) is 0 Å². The van der Waals surface area contributed by atoms with E-state index in [1.165, 1.54) is 0 Å². The molecule has 0 aliphatic carbocycles. The van der Waals surface area contributed by atoms with Gasteiger partial charge in [0.05, 0.1) is 25.7 Å². The Balaban J connectivity index is 2.71. The van der Waals surface area contributed by atoms with Crippen LogP contribution in [0.3, 0.4) is 0 Å². The minimum atomic E-state index is 0.655. The molecule has 2 rings (SSSR count). The Morgan fingerprint density at radius 2 is 2.17 bits per heavy atom. The Kier molecular flexibility index (Phi) is 1.73. The average Bonchev–Trinajstić information content (AvgIpc) is 2.47. The molecule has 0 unspecified atom stereocenters. The van der Waals surface area contributed by atoms with Gasteiger partial charge in [-0.25, -0.2) is 9.97 Å². The molecule has 0 N–H and O–H groups in total. The molecular weight excluding hydrogens is 222 g/mol. The molecule has 0 saturated heterocycles. The Labute approximate surface area is 77.3 Å². The van der Waals surface area contributed by atoms with Crippen molar-refractivity contribution in [1.29, 1.82) is 0 Å². The van der Waals surface area contributed by atoms with E-state index >= 15 is 0 Å². The van der Waals surface area contributed by atoms with Gasteiger partial charge < -0.3 is 4.74 Å². The highest BCUT2D eigenvalue weighted by Crippen LogP contribution is 2.15. The molecule has 0 atom stereocenters. The number of rotatable bonds is 1. The van der Waals surface area contributed by atoms with E-state index in [0.717, 1.165) is 4.60 Å². The minimum Gasteiger partial charge on any atom is -0.494 e. The van der Waals surface area contributed by atoms with Crippen molar-refractivity contribution in [2.75, 3.05) is 7.11 Å². The number of hydrogen-bond acceptors (Lipinski definition) is 3. The van der Waals surface area contributed by atoms with E-state index in [2.05, 4.69) is 25.9 Å². The van der Waals surface area contributed by atoms with E-state index in [1.54, 1.807) is 23.9 Å². The maximum atomic E-state index is 5.01. The Hall–Kier alpha value is -1.10. The Morgan fingerprint density at radius 3 is 2.92 bits per heavy atom. The molecule has 0 aromatic carbocycles. The van der Waals surface area contributed by atoms with Gasteiger partial charge in [-0.3, -0.25) is 4.40 Å². The lowest BCUT2D eigenvalue weighted by Crippen LogP contribution is -1.91. The molecule has 0 saturated carbocycles. The predicted octanol–water partition coefficient (Wildman–Crippen LogP) is 1.50. The van der Waals surface area contributed by atoms with Crippen molar-refractivity contribution in [1.82, 2.24) is 14.4 Å². The van der Waals surface area contributed by atoms with Crippen LogP contribution in [-0.2, 0) is 0 Å². The van der Waals surface area contributed by atoms with Gasteiger partial charge in [-0.15, -0.1) is 0 Å². The zero-order valence-electron chi connectivity index (χ0n) is 6.36. The van der Waals surface area contributed by atoms with Gasteiger partial charge in [0, 0.05) is 0 Å². The zero-order valence-corrected chi connectivity index (χ0v) is 7.95. The molecule has 62 valence electrons. The monoisotopic (exact) mass is 227 g/mol. The third kappa shape index (κ3) is 1.06. The second kappa shape index (κ2) is 2.75. The van der Waals surface area contributed by atoms with Gasteiger partial charge in [0.25, 0.3) is 0 Å². The van der Waals surface area contributed by atoms with Crippen molar-refractivity contribution in [2.45, 2.75) is 0 Å². The molecular formula is C7H6BrN3O. The smallest absolute Gasteiger partial charge is 0.234 e. The lowest BCUT2D eigenvalue weighted by molar-refractivity contribution is 0.410. The fourth-order valence-electron chi connectivity index (χ4n) is 0.933. The van der Waals surface area contributed by atoms with E-state index < -0.39 is 0 Å². The summed E-state index contributed by atoms with van der Waals surface area (Å²) in [6, 6.07) is 0.